The third-order valence-electron chi connectivity index (χ3n) is 3.75. The molecular formula is C16H22F2N2O3. The number of pyridine rings is 1. The lowest BCUT2D eigenvalue weighted by atomic mass is 9.93. The van der Waals surface area contributed by atoms with Crippen LogP contribution in [0.2, 0.25) is 0 Å². The highest BCUT2D eigenvalue weighted by atomic mass is 19.3. The standard InChI is InChI=1S/C16H22F2N2O3/c1-11-9-12(6-8-22-11)5-7-19-16(21)13-3-2-4-15(20-13)23-10-14(17)18/h2-4,11-12,14H,5-10H2,1H3,(H,19,21). The summed E-state index contributed by atoms with van der Waals surface area (Å²) >= 11 is 0. The molecule has 1 amide bonds. The van der Waals surface area contributed by atoms with Gasteiger partial charge in [0.2, 0.25) is 5.88 Å². The van der Waals surface area contributed by atoms with E-state index in [4.69, 9.17) is 9.47 Å². The lowest BCUT2D eigenvalue weighted by Crippen LogP contribution is -2.29. The fraction of sp³-hybridized carbons (Fsp3) is 0.625. The van der Waals surface area contributed by atoms with Crippen molar-refractivity contribution in [2.75, 3.05) is 19.8 Å². The van der Waals surface area contributed by atoms with Crippen molar-refractivity contribution >= 4 is 5.91 Å². The molecule has 5 nitrogen and oxygen atoms in total. The third kappa shape index (κ3) is 6.09. The van der Waals surface area contributed by atoms with Gasteiger partial charge in [0, 0.05) is 19.2 Å². The smallest absolute Gasteiger partial charge is 0.272 e. The van der Waals surface area contributed by atoms with Crippen molar-refractivity contribution in [1.82, 2.24) is 10.3 Å². The van der Waals surface area contributed by atoms with E-state index < -0.39 is 13.0 Å². The van der Waals surface area contributed by atoms with Gasteiger partial charge in [-0.3, -0.25) is 4.79 Å². The summed E-state index contributed by atoms with van der Waals surface area (Å²) in [4.78, 5) is 16.0. The Morgan fingerprint density at radius 1 is 1.52 bits per heavy atom. The zero-order valence-corrected chi connectivity index (χ0v) is 13.1. The molecule has 0 radical (unpaired) electrons. The van der Waals surface area contributed by atoms with Crippen molar-refractivity contribution in [3.05, 3.63) is 23.9 Å². The summed E-state index contributed by atoms with van der Waals surface area (Å²) in [6.07, 6.45) is 0.604. The number of alkyl halides is 2. The first-order chi connectivity index (χ1) is 11.0. The molecule has 0 aromatic carbocycles. The largest absolute Gasteiger partial charge is 0.472 e. The van der Waals surface area contributed by atoms with Crippen molar-refractivity contribution < 1.29 is 23.0 Å². The molecule has 2 unspecified atom stereocenters. The lowest BCUT2D eigenvalue weighted by molar-refractivity contribution is 0.00109. The van der Waals surface area contributed by atoms with Crippen LogP contribution in [0.25, 0.3) is 0 Å². The highest BCUT2D eigenvalue weighted by Gasteiger charge is 2.19. The molecule has 2 atom stereocenters. The van der Waals surface area contributed by atoms with Crippen molar-refractivity contribution in [2.24, 2.45) is 5.92 Å². The highest BCUT2D eigenvalue weighted by molar-refractivity contribution is 5.92. The molecule has 0 saturated carbocycles. The number of carbonyl (C=O) groups excluding carboxylic acids is 1. The van der Waals surface area contributed by atoms with Crippen LogP contribution in [-0.4, -0.2) is 43.2 Å². The first kappa shape index (κ1) is 17.6. The Morgan fingerprint density at radius 3 is 3.09 bits per heavy atom. The van der Waals surface area contributed by atoms with Gasteiger partial charge in [-0.25, -0.2) is 13.8 Å². The number of nitrogens with one attached hydrogen (secondary N) is 1. The molecule has 7 heteroatoms. The number of halogens is 2. The lowest BCUT2D eigenvalue weighted by Gasteiger charge is -2.27. The molecule has 23 heavy (non-hydrogen) atoms. The van der Waals surface area contributed by atoms with Crippen LogP contribution >= 0.6 is 0 Å². The van der Waals surface area contributed by atoms with Gasteiger partial charge >= 0.3 is 0 Å². The fourth-order valence-electron chi connectivity index (χ4n) is 2.60. The van der Waals surface area contributed by atoms with Crippen LogP contribution in [0.15, 0.2) is 18.2 Å². The molecule has 1 aromatic heterocycles. The molecule has 1 saturated heterocycles. The van der Waals surface area contributed by atoms with Crippen LogP contribution in [0.5, 0.6) is 5.88 Å². The number of nitrogens with zero attached hydrogens (tertiary/aromatic N) is 1. The number of carbonyl (C=O) groups is 1. The van der Waals surface area contributed by atoms with Crippen LogP contribution in [0.1, 0.15) is 36.7 Å². The molecule has 1 fully saturated rings. The van der Waals surface area contributed by atoms with Gasteiger partial charge in [-0.2, -0.15) is 0 Å². The summed E-state index contributed by atoms with van der Waals surface area (Å²) in [5, 5.41) is 2.81. The summed E-state index contributed by atoms with van der Waals surface area (Å²) in [6.45, 7) is 2.64. The Hall–Kier alpha value is -1.76. The summed E-state index contributed by atoms with van der Waals surface area (Å²) in [7, 11) is 0. The number of rotatable bonds is 7. The van der Waals surface area contributed by atoms with E-state index in [-0.39, 0.29) is 23.6 Å². The summed E-state index contributed by atoms with van der Waals surface area (Å²) in [5.74, 6) is 0.247. The summed E-state index contributed by atoms with van der Waals surface area (Å²) in [6, 6.07) is 4.53. The zero-order chi connectivity index (χ0) is 16.7. The molecule has 0 aliphatic carbocycles. The fourth-order valence-corrected chi connectivity index (χ4v) is 2.60. The molecule has 0 spiro atoms. The van der Waals surface area contributed by atoms with E-state index in [1.54, 1.807) is 6.07 Å². The summed E-state index contributed by atoms with van der Waals surface area (Å²) < 4.78 is 34.5. The van der Waals surface area contributed by atoms with Gasteiger partial charge in [0.15, 0.2) is 6.61 Å². The third-order valence-corrected chi connectivity index (χ3v) is 3.75. The second-order valence-corrected chi connectivity index (χ2v) is 5.68. The Balaban J connectivity index is 1.77. The maximum absolute atomic E-state index is 12.1. The van der Waals surface area contributed by atoms with Crippen LogP contribution < -0.4 is 10.1 Å². The Morgan fingerprint density at radius 2 is 2.35 bits per heavy atom. The SMILES string of the molecule is CC1CC(CCNC(=O)c2cccc(OCC(F)F)n2)CCO1. The van der Waals surface area contributed by atoms with Crippen molar-refractivity contribution in [2.45, 2.75) is 38.7 Å². The first-order valence-electron chi connectivity index (χ1n) is 7.82. The van der Waals surface area contributed by atoms with E-state index in [0.717, 1.165) is 25.9 Å². The van der Waals surface area contributed by atoms with Gasteiger partial charge in [0.25, 0.3) is 12.3 Å². The van der Waals surface area contributed by atoms with E-state index in [2.05, 4.69) is 17.2 Å². The Labute approximate surface area is 134 Å². The highest BCUT2D eigenvalue weighted by Crippen LogP contribution is 2.22. The quantitative estimate of drug-likeness (QED) is 0.836. The monoisotopic (exact) mass is 328 g/mol. The van der Waals surface area contributed by atoms with Gasteiger partial charge in [-0.05, 0) is 38.2 Å². The van der Waals surface area contributed by atoms with Crippen LogP contribution in [-0.2, 0) is 4.74 Å². The van der Waals surface area contributed by atoms with Crippen LogP contribution in [0.3, 0.4) is 0 Å². The first-order valence-corrected chi connectivity index (χ1v) is 7.82. The molecule has 1 aromatic rings. The predicted octanol–water partition coefficient (Wildman–Crippen LogP) is 2.66. The van der Waals surface area contributed by atoms with Gasteiger partial charge in [-0.15, -0.1) is 0 Å². The second-order valence-electron chi connectivity index (χ2n) is 5.68. The maximum Gasteiger partial charge on any atom is 0.272 e. The second kappa shape index (κ2) is 8.76. The molecule has 2 heterocycles. The van der Waals surface area contributed by atoms with E-state index in [0.29, 0.717) is 12.5 Å². The van der Waals surface area contributed by atoms with Gasteiger partial charge in [0.05, 0.1) is 6.10 Å². The number of hydrogen-bond donors (Lipinski definition) is 1. The molecule has 2 rings (SSSR count). The minimum Gasteiger partial charge on any atom is -0.472 e. The van der Waals surface area contributed by atoms with Crippen LogP contribution in [0.4, 0.5) is 8.78 Å². The van der Waals surface area contributed by atoms with Gasteiger partial charge < -0.3 is 14.8 Å². The van der Waals surface area contributed by atoms with Crippen molar-refractivity contribution in [1.29, 1.82) is 0 Å². The van der Waals surface area contributed by atoms with E-state index >= 15 is 0 Å². The Bertz CT molecular complexity index is 514. The molecule has 1 aliphatic heterocycles. The van der Waals surface area contributed by atoms with E-state index in [1.165, 1.54) is 12.1 Å². The minimum absolute atomic E-state index is 0.0243. The molecule has 1 N–H and O–H groups in total. The van der Waals surface area contributed by atoms with Crippen molar-refractivity contribution in [3.8, 4) is 5.88 Å². The number of aromatic nitrogens is 1. The number of amides is 1. The minimum atomic E-state index is -2.57. The molecule has 0 bridgehead atoms. The molecular weight excluding hydrogens is 306 g/mol. The predicted molar refractivity (Wildman–Crippen MR) is 80.8 cm³/mol. The van der Waals surface area contributed by atoms with E-state index in [9.17, 15) is 13.6 Å². The average molecular weight is 328 g/mol. The summed E-state index contributed by atoms with van der Waals surface area (Å²) in [5.41, 5.74) is 0.164. The van der Waals surface area contributed by atoms with Crippen molar-refractivity contribution in [3.63, 3.8) is 0 Å². The molecule has 1 aliphatic rings. The van der Waals surface area contributed by atoms with Gasteiger partial charge in [0.1, 0.15) is 5.69 Å². The molecule has 128 valence electrons. The van der Waals surface area contributed by atoms with Gasteiger partial charge in [-0.1, -0.05) is 6.07 Å². The Kier molecular flexibility index (Phi) is 6.70. The van der Waals surface area contributed by atoms with E-state index in [1.807, 2.05) is 0 Å². The topological polar surface area (TPSA) is 60.5 Å². The number of ether oxygens (including phenoxy) is 2. The maximum atomic E-state index is 12.1. The number of hydrogen-bond acceptors (Lipinski definition) is 4. The normalized spacial score (nSPS) is 21.2. The van der Waals surface area contributed by atoms with Crippen LogP contribution in [0, 0.1) is 5.92 Å². The zero-order valence-electron chi connectivity index (χ0n) is 13.1. The average Bonchev–Trinajstić information content (AvgIpc) is 2.53.